The summed E-state index contributed by atoms with van der Waals surface area (Å²) in [5.74, 6) is 0. The van der Waals surface area contributed by atoms with Crippen molar-refractivity contribution >= 4 is 32.8 Å². The summed E-state index contributed by atoms with van der Waals surface area (Å²) in [6, 6.07) is 21.3. The fourth-order valence-corrected chi connectivity index (χ4v) is 3.95. The Hall–Kier alpha value is -3.00. The second kappa shape index (κ2) is 5.00. The third-order valence-corrected chi connectivity index (χ3v) is 5.30. The topological polar surface area (TPSA) is 18.1 Å². The van der Waals surface area contributed by atoms with E-state index in [9.17, 15) is 0 Å². The molecule has 3 aromatic carbocycles. The molecule has 0 amide bonds. The molecule has 0 bridgehead atoms. The van der Waals surface area contributed by atoms with Gasteiger partial charge in [-0.1, -0.05) is 35.9 Å². The van der Waals surface area contributed by atoms with E-state index in [1.807, 2.05) is 0 Å². The van der Waals surface area contributed by atoms with E-state index in [4.69, 9.17) is 4.42 Å². The predicted molar refractivity (Wildman–Crippen MR) is 105 cm³/mol. The van der Waals surface area contributed by atoms with Crippen LogP contribution in [0.5, 0.6) is 0 Å². The molecule has 2 aromatic heterocycles. The lowest BCUT2D eigenvalue weighted by molar-refractivity contribution is 0.668. The van der Waals surface area contributed by atoms with Crippen LogP contribution < -0.4 is 0 Å². The minimum atomic E-state index is 0.938. The van der Waals surface area contributed by atoms with Crippen molar-refractivity contribution in [2.75, 3.05) is 0 Å². The standard InChI is InChI=1S/C23H19NO/c1-14-11-12-21-18(13-14)23-20(9-6-10-22(23)25-21)24-16(3)15(2)17-7-4-5-8-19(17)24/h4-13H,1-3H3. The van der Waals surface area contributed by atoms with Crippen molar-refractivity contribution in [1.29, 1.82) is 0 Å². The van der Waals surface area contributed by atoms with E-state index in [2.05, 4.69) is 86.0 Å². The van der Waals surface area contributed by atoms with Gasteiger partial charge in [-0.15, -0.1) is 0 Å². The van der Waals surface area contributed by atoms with Crippen LogP contribution in [0.4, 0.5) is 0 Å². The molecule has 122 valence electrons. The first-order valence-corrected chi connectivity index (χ1v) is 8.64. The van der Waals surface area contributed by atoms with Crippen molar-refractivity contribution in [1.82, 2.24) is 4.57 Å². The summed E-state index contributed by atoms with van der Waals surface area (Å²) in [6.07, 6.45) is 0. The zero-order valence-electron chi connectivity index (χ0n) is 14.6. The van der Waals surface area contributed by atoms with Crippen molar-refractivity contribution in [3.05, 3.63) is 77.5 Å². The van der Waals surface area contributed by atoms with Gasteiger partial charge in [0.25, 0.3) is 0 Å². The van der Waals surface area contributed by atoms with Crippen LogP contribution in [-0.2, 0) is 0 Å². The molecule has 0 aliphatic rings. The Morgan fingerprint density at radius 3 is 2.48 bits per heavy atom. The van der Waals surface area contributed by atoms with E-state index in [0.717, 1.165) is 11.2 Å². The van der Waals surface area contributed by atoms with Gasteiger partial charge in [-0.3, -0.25) is 0 Å². The van der Waals surface area contributed by atoms with Gasteiger partial charge in [-0.2, -0.15) is 0 Å². The Labute approximate surface area is 146 Å². The van der Waals surface area contributed by atoms with E-state index in [1.165, 1.54) is 44.2 Å². The second-order valence-electron chi connectivity index (χ2n) is 6.81. The summed E-state index contributed by atoms with van der Waals surface area (Å²) in [6.45, 7) is 6.52. The maximum atomic E-state index is 6.11. The molecule has 2 heteroatoms. The number of rotatable bonds is 1. The number of benzene rings is 3. The van der Waals surface area contributed by atoms with Crippen LogP contribution in [0.2, 0.25) is 0 Å². The van der Waals surface area contributed by atoms with Crippen molar-refractivity contribution in [3.8, 4) is 5.69 Å². The molecule has 0 spiro atoms. The van der Waals surface area contributed by atoms with Gasteiger partial charge < -0.3 is 8.98 Å². The first-order valence-electron chi connectivity index (χ1n) is 8.64. The Bertz CT molecular complexity index is 1270. The molecule has 0 atom stereocenters. The van der Waals surface area contributed by atoms with Gasteiger partial charge in [0.15, 0.2) is 0 Å². The fraction of sp³-hybridized carbons (Fsp3) is 0.130. The molecular weight excluding hydrogens is 306 g/mol. The number of aryl methyl sites for hydroxylation is 2. The monoisotopic (exact) mass is 325 g/mol. The number of aromatic nitrogens is 1. The first-order chi connectivity index (χ1) is 12.1. The summed E-state index contributed by atoms with van der Waals surface area (Å²) in [5, 5.41) is 3.67. The molecule has 0 aliphatic carbocycles. The van der Waals surface area contributed by atoms with Crippen molar-refractivity contribution in [2.45, 2.75) is 20.8 Å². The average molecular weight is 325 g/mol. The van der Waals surface area contributed by atoms with E-state index in [1.54, 1.807) is 0 Å². The molecule has 0 saturated carbocycles. The molecule has 5 aromatic rings. The summed E-state index contributed by atoms with van der Waals surface area (Å²) < 4.78 is 8.48. The van der Waals surface area contributed by atoms with Gasteiger partial charge in [0.1, 0.15) is 11.2 Å². The molecule has 0 aliphatic heterocycles. The minimum absolute atomic E-state index is 0.938. The van der Waals surface area contributed by atoms with Crippen molar-refractivity contribution < 1.29 is 4.42 Å². The lowest BCUT2D eigenvalue weighted by atomic mass is 10.1. The highest BCUT2D eigenvalue weighted by Crippen LogP contribution is 2.37. The molecule has 0 radical (unpaired) electrons. The van der Waals surface area contributed by atoms with Gasteiger partial charge in [-0.05, 0) is 56.7 Å². The Balaban J connectivity index is 1.99. The van der Waals surface area contributed by atoms with Gasteiger partial charge in [0, 0.05) is 16.5 Å². The molecule has 0 unspecified atom stereocenters. The van der Waals surface area contributed by atoms with Gasteiger partial charge in [0.05, 0.1) is 16.6 Å². The quantitative estimate of drug-likeness (QED) is 0.346. The molecular formula is C23H19NO. The number of para-hydroxylation sites is 1. The zero-order valence-corrected chi connectivity index (χ0v) is 14.6. The van der Waals surface area contributed by atoms with Gasteiger partial charge in [0.2, 0.25) is 0 Å². The number of hydrogen-bond acceptors (Lipinski definition) is 1. The molecule has 5 rings (SSSR count). The van der Waals surface area contributed by atoms with Crippen LogP contribution in [0.1, 0.15) is 16.8 Å². The van der Waals surface area contributed by atoms with Crippen LogP contribution in [0, 0.1) is 20.8 Å². The summed E-state index contributed by atoms with van der Waals surface area (Å²) >= 11 is 0. The maximum Gasteiger partial charge on any atom is 0.137 e. The minimum Gasteiger partial charge on any atom is -0.456 e. The molecule has 0 N–H and O–H groups in total. The van der Waals surface area contributed by atoms with Crippen LogP contribution >= 0.6 is 0 Å². The van der Waals surface area contributed by atoms with Gasteiger partial charge in [-0.25, -0.2) is 0 Å². The molecule has 0 fully saturated rings. The van der Waals surface area contributed by atoms with Crippen molar-refractivity contribution in [3.63, 3.8) is 0 Å². The molecule has 25 heavy (non-hydrogen) atoms. The maximum absolute atomic E-state index is 6.11. The van der Waals surface area contributed by atoms with Crippen LogP contribution in [-0.4, -0.2) is 4.57 Å². The van der Waals surface area contributed by atoms with E-state index < -0.39 is 0 Å². The third kappa shape index (κ3) is 1.91. The van der Waals surface area contributed by atoms with Gasteiger partial charge >= 0.3 is 0 Å². The average Bonchev–Trinajstić information content (AvgIpc) is 3.11. The lowest BCUT2D eigenvalue weighted by Gasteiger charge is -2.10. The molecule has 2 nitrogen and oxygen atoms in total. The highest BCUT2D eigenvalue weighted by Gasteiger charge is 2.17. The Morgan fingerprint density at radius 2 is 1.60 bits per heavy atom. The summed E-state index contributed by atoms with van der Waals surface area (Å²) in [4.78, 5) is 0. The van der Waals surface area contributed by atoms with Crippen molar-refractivity contribution in [2.24, 2.45) is 0 Å². The highest BCUT2D eigenvalue weighted by atomic mass is 16.3. The smallest absolute Gasteiger partial charge is 0.137 e. The molecule has 0 saturated heterocycles. The summed E-state index contributed by atoms with van der Waals surface area (Å²) in [7, 11) is 0. The Kier molecular flexibility index (Phi) is 2.87. The van der Waals surface area contributed by atoms with E-state index in [0.29, 0.717) is 0 Å². The second-order valence-corrected chi connectivity index (χ2v) is 6.81. The molecule has 2 heterocycles. The zero-order chi connectivity index (χ0) is 17.1. The number of nitrogens with zero attached hydrogens (tertiary/aromatic N) is 1. The summed E-state index contributed by atoms with van der Waals surface area (Å²) in [5.41, 5.74) is 8.16. The van der Waals surface area contributed by atoms with Crippen LogP contribution in [0.3, 0.4) is 0 Å². The highest BCUT2D eigenvalue weighted by molar-refractivity contribution is 6.10. The normalized spacial score (nSPS) is 11.8. The Morgan fingerprint density at radius 1 is 0.760 bits per heavy atom. The van der Waals surface area contributed by atoms with E-state index in [-0.39, 0.29) is 0 Å². The van der Waals surface area contributed by atoms with Crippen LogP contribution in [0.15, 0.2) is 65.1 Å². The largest absolute Gasteiger partial charge is 0.456 e. The number of furan rings is 1. The van der Waals surface area contributed by atoms with E-state index >= 15 is 0 Å². The number of hydrogen-bond donors (Lipinski definition) is 0. The first kappa shape index (κ1) is 14.4. The van der Waals surface area contributed by atoms with Crippen LogP contribution in [0.25, 0.3) is 38.5 Å². The SMILES string of the molecule is Cc1ccc2oc3cccc(-n4c(C)c(C)c5ccccc54)c3c2c1. The lowest BCUT2D eigenvalue weighted by Crippen LogP contribution is -1.97. The third-order valence-electron chi connectivity index (χ3n) is 5.30. The fourth-order valence-electron chi connectivity index (χ4n) is 3.95. The number of fused-ring (bicyclic) bond motifs is 4. The predicted octanol–water partition coefficient (Wildman–Crippen LogP) is 6.46.